The molecule has 6 heteroatoms. The number of para-hydroxylation sites is 1. The van der Waals surface area contributed by atoms with Crippen LogP contribution in [0.15, 0.2) is 30.3 Å². The smallest absolute Gasteiger partial charge is 0.147 e. The zero-order valence-corrected chi connectivity index (χ0v) is 15.6. The molecule has 0 spiro atoms. The number of aromatic nitrogens is 3. The minimum absolute atomic E-state index is 0.569. The summed E-state index contributed by atoms with van der Waals surface area (Å²) in [6.45, 7) is 9.88. The zero-order chi connectivity index (χ0) is 17.6. The van der Waals surface area contributed by atoms with E-state index in [-0.39, 0.29) is 0 Å². The maximum absolute atomic E-state index is 5.82. The minimum atomic E-state index is 0.569. The van der Waals surface area contributed by atoms with Gasteiger partial charge >= 0.3 is 0 Å². The molecule has 2 heterocycles. The van der Waals surface area contributed by atoms with Crippen LogP contribution < -0.4 is 4.74 Å². The molecule has 1 fully saturated rings. The summed E-state index contributed by atoms with van der Waals surface area (Å²) in [7, 11) is 2.19. The predicted octanol–water partition coefficient (Wildman–Crippen LogP) is 2.19. The van der Waals surface area contributed by atoms with Crippen molar-refractivity contribution in [1.29, 1.82) is 0 Å². The van der Waals surface area contributed by atoms with Crippen LogP contribution in [0.5, 0.6) is 5.75 Å². The normalized spacial score (nSPS) is 18.2. The van der Waals surface area contributed by atoms with Gasteiger partial charge in [0, 0.05) is 25.7 Å². The molecule has 6 nitrogen and oxygen atoms in total. The highest BCUT2D eigenvalue weighted by molar-refractivity contribution is 5.20. The van der Waals surface area contributed by atoms with Crippen molar-refractivity contribution < 1.29 is 4.74 Å². The molecule has 0 bridgehead atoms. The molecule has 2 aromatic rings. The van der Waals surface area contributed by atoms with Gasteiger partial charge in [-0.2, -0.15) is 0 Å². The molecule has 0 amide bonds. The van der Waals surface area contributed by atoms with E-state index >= 15 is 0 Å². The molecule has 1 saturated heterocycles. The monoisotopic (exact) mass is 343 g/mol. The van der Waals surface area contributed by atoms with E-state index in [4.69, 9.17) is 4.74 Å². The molecule has 1 aliphatic heterocycles. The Hall–Kier alpha value is -1.92. The molecule has 0 radical (unpaired) electrons. The van der Waals surface area contributed by atoms with Gasteiger partial charge in [0.2, 0.25) is 0 Å². The van der Waals surface area contributed by atoms with E-state index in [1.54, 1.807) is 0 Å². The summed E-state index contributed by atoms with van der Waals surface area (Å²) in [4.78, 5) is 4.90. The number of rotatable bonds is 8. The maximum Gasteiger partial charge on any atom is 0.147 e. The summed E-state index contributed by atoms with van der Waals surface area (Å²) in [5.41, 5.74) is 0. The van der Waals surface area contributed by atoms with Crippen molar-refractivity contribution in [1.82, 2.24) is 24.6 Å². The SMILES string of the molecule is CCn1c(C)nnc1CN(C)[C@@H]1CCN(CCOc2ccccc2)C1. The zero-order valence-electron chi connectivity index (χ0n) is 15.6. The average molecular weight is 343 g/mol. The van der Waals surface area contributed by atoms with Gasteiger partial charge in [-0.25, -0.2) is 0 Å². The Labute approximate surface area is 150 Å². The highest BCUT2D eigenvalue weighted by Gasteiger charge is 2.26. The Bertz CT molecular complexity index is 657. The number of benzene rings is 1. The number of ether oxygens (including phenoxy) is 1. The second-order valence-corrected chi connectivity index (χ2v) is 6.73. The molecule has 136 valence electrons. The number of aryl methyl sites for hydroxylation is 1. The van der Waals surface area contributed by atoms with Gasteiger partial charge in [-0.3, -0.25) is 9.80 Å². The van der Waals surface area contributed by atoms with Crippen LogP contribution in [0.1, 0.15) is 25.0 Å². The Morgan fingerprint density at radius 3 is 2.80 bits per heavy atom. The average Bonchev–Trinajstić information content (AvgIpc) is 3.23. The van der Waals surface area contributed by atoms with Crippen molar-refractivity contribution >= 4 is 0 Å². The summed E-state index contributed by atoms with van der Waals surface area (Å²) in [6, 6.07) is 10.6. The van der Waals surface area contributed by atoms with Gasteiger partial charge < -0.3 is 9.30 Å². The molecule has 1 aromatic heterocycles. The molecular weight excluding hydrogens is 314 g/mol. The molecule has 1 aromatic carbocycles. The van der Waals surface area contributed by atoms with Crippen molar-refractivity contribution in [2.24, 2.45) is 0 Å². The topological polar surface area (TPSA) is 46.4 Å². The molecular formula is C19H29N5O. The van der Waals surface area contributed by atoms with Gasteiger partial charge in [-0.1, -0.05) is 18.2 Å². The highest BCUT2D eigenvalue weighted by Crippen LogP contribution is 2.17. The summed E-state index contributed by atoms with van der Waals surface area (Å²) in [6.07, 6.45) is 1.20. The van der Waals surface area contributed by atoms with E-state index in [2.05, 4.69) is 38.5 Å². The van der Waals surface area contributed by atoms with Crippen molar-refractivity contribution in [2.75, 3.05) is 33.3 Å². The molecule has 0 N–H and O–H groups in total. The second kappa shape index (κ2) is 8.45. The summed E-state index contributed by atoms with van der Waals surface area (Å²) in [5.74, 6) is 3.01. The van der Waals surface area contributed by atoms with Crippen molar-refractivity contribution in [3.05, 3.63) is 42.0 Å². The molecule has 1 atom stereocenters. The lowest BCUT2D eigenvalue weighted by molar-refractivity contribution is 0.200. The van der Waals surface area contributed by atoms with Gasteiger partial charge in [0.25, 0.3) is 0 Å². The summed E-state index contributed by atoms with van der Waals surface area (Å²) < 4.78 is 8.01. The quantitative estimate of drug-likeness (QED) is 0.735. The Kier molecular flexibility index (Phi) is 6.04. The first-order chi connectivity index (χ1) is 12.2. The van der Waals surface area contributed by atoms with Crippen LogP contribution in [0.25, 0.3) is 0 Å². The number of likely N-dealkylation sites (N-methyl/N-ethyl adjacent to an activating group) is 1. The molecule has 0 unspecified atom stereocenters. The van der Waals surface area contributed by atoms with Crippen LogP contribution in [0.4, 0.5) is 0 Å². The fourth-order valence-corrected chi connectivity index (χ4v) is 3.49. The summed E-state index contributed by atoms with van der Waals surface area (Å²) in [5, 5.41) is 8.55. The minimum Gasteiger partial charge on any atom is -0.492 e. The van der Waals surface area contributed by atoms with Crippen LogP contribution in [0.3, 0.4) is 0 Å². The lowest BCUT2D eigenvalue weighted by atomic mass is 10.2. The first-order valence-electron chi connectivity index (χ1n) is 9.16. The van der Waals surface area contributed by atoms with Gasteiger partial charge in [-0.15, -0.1) is 10.2 Å². The molecule has 0 aliphatic carbocycles. The van der Waals surface area contributed by atoms with E-state index in [9.17, 15) is 0 Å². The van der Waals surface area contributed by atoms with E-state index < -0.39 is 0 Å². The largest absolute Gasteiger partial charge is 0.492 e. The molecule has 0 saturated carbocycles. The summed E-state index contributed by atoms with van der Waals surface area (Å²) >= 11 is 0. The van der Waals surface area contributed by atoms with Crippen molar-refractivity contribution in [2.45, 2.75) is 39.4 Å². The van der Waals surface area contributed by atoms with Gasteiger partial charge in [0.05, 0.1) is 6.54 Å². The fraction of sp³-hybridized carbons (Fsp3) is 0.579. The Morgan fingerprint density at radius 2 is 2.04 bits per heavy atom. The molecule has 3 rings (SSSR count). The Balaban J connectivity index is 1.44. The lowest BCUT2D eigenvalue weighted by Gasteiger charge is -2.24. The van der Waals surface area contributed by atoms with Crippen LogP contribution in [-0.2, 0) is 13.1 Å². The van der Waals surface area contributed by atoms with Crippen LogP contribution in [0, 0.1) is 6.92 Å². The maximum atomic E-state index is 5.82. The standard InChI is InChI=1S/C19H29N5O/c1-4-24-16(2)20-21-19(24)15-22(3)17-10-11-23(14-17)12-13-25-18-8-6-5-7-9-18/h5-9,17H,4,10-15H2,1-3H3/t17-/m1/s1. The van der Waals surface area contributed by atoms with E-state index in [0.717, 1.165) is 56.7 Å². The third-order valence-electron chi connectivity index (χ3n) is 5.01. The number of nitrogens with zero attached hydrogens (tertiary/aromatic N) is 5. The molecule has 25 heavy (non-hydrogen) atoms. The third kappa shape index (κ3) is 4.58. The number of hydrogen-bond donors (Lipinski definition) is 0. The highest BCUT2D eigenvalue weighted by atomic mass is 16.5. The van der Waals surface area contributed by atoms with Gasteiger partial charge in [-0.05, 0) is 46.0 Å². The third-order valence-corrected chi connectivity index (χ3v) is 5.01. The van der Waals surface area contributed by atoms with Gasteiger partial charge in [0.15, 0.2) is 0 Å². The van der Waals surface area contributed by atoms with E-state index in [1.807, 2.05) is 37.3 Å². The van der Waals surface area contributed by atoms with E-state index in [1.165, 1.54) is 6.42 Å². The van der Waals surface area contributed by atoms with E-state index in [0.29, 0.717) is 6.04 Å². The fourth-order valence-electron chi connectivity index (χ4n) is 3.49. The first-order valence-corrected chi connectivity index (χ1v) is 9.16. The van der Waals surface area contributed by atoms with Crippen molar-refractivity contribution in [3.8, 4) is 5.75 Å². The van der Waals surface area contributed by atoms with Gasteiger partial charge in [0.1, 0.15) is 24.0 Å². The first kappa shape index (κ1) is 17.9. The molecule has 1 aliphatic rings. The lowest BCUT2D eigenvalue weighted by Crippen LogP contribution is -2.35. The van der Waals surface area contributed by atoms with Crippen molar-refractivity contribution in [3.63, 3.8) is 0 Å². The predicted molar refractivity (Wildman–Crippen MR) is 98.7 cm³/mol. The number of likely N-dealkylation sites (tertiary alicyclic amines) is 1. The Morgan fingerprint density at radius 1 is 1.24 bits per heavy atom. The van der Waals surface area contributed by atoms with Crippen LogP contribution >= 0.6 is 0 Å². The second-order valence-electron chi connectivity index (χ2n) is 6.73. The number of hydrogen-bond acceptors (Lipinski definition) is 5. The van der Waals surface area contributed by atoms with Crippen LogP contribution in [-0.4, -0.2) is 63.9 Å². The van der Waals surface area contributed by atoms with Crippen LogP contribution in [0.2, 0.25) is 0 Å².